The average molecular weight is 536 g/mol. The number of fused-ring (bicyclic) bond motifs is 1. The minimum absolute atomic E-state index is 0.142. The maximum atomic E-state index is 14.6. The van der Waals surface area contributed by atoms with E-state index in [1.54, 1.807) is 46.5 Å². The summed E-state index contributed by atoms with van der Waals surface area (Å²) < 4.78 is 19.9. The number of carbonyl (C=O) groups is 2. The van der Waals surface area contributed by atoms with E-state index >= 15 is 0 Å². The summed E-state index contributed by atoms with van der Waals surface area (Å²) in [6.07, 6.45) is 6.27. The molecule has 2 aromatic heterocycles. The smallest absolute Gasteiger partial charge is 0.276 e. The Kier molecular flexibility index (Phi) is 9.81. The predicted octanol–water partition coefficient (Wildman–Crippen LogP) is 5.20. The van der Waals surface area contributed by atoms with Gasteiger partial charge in [0.2, 0.25) is 0 Å². The highest BCUT2D eigenvalue weighted by Gasteiger charge is 2.26. The van der Waals surface area contributed by atoms with Crippen molar-refractivity contribution in [1.29, 1.82) is 0 Å². The molecule has 0 saturated heterocycles. The standard InChI is InChI=1S/C30H38FN5O3/c1-4-8-26-18-27(33-39-26)30(38)35-15-6-13-34(20-22(2)3)14-7-16-36(29(37)23-9-5-12-32-19-23)28-11-10-25(31)17-24(28)21-35/h5,9-12,17-19,22H,4,6-8,13-16,20-21H2,1-3H3. The third kappa shape index (κ3) is 7.50. The fourth-order valence-electron chi connectivity index (χ4n) is 5.07. The summed E-state index contributed by atoms with van der Waals surface area (Å²) in [7, 11) is 0. The molecule has 0 spiro atoms. The van der Waals surface area contributed by atoms with Crippen molar-refractivity contribution in [3.63, 3.8) is 0 Å². The number of anilines is 1. The van der Waals surface area contributed by atoms with Crippen LogP contribution < -0.4 is 4.90 Å². The van der Waals surface area contributed by atoms with Crippen LogP contribution in [0.3, 0.4) is 0 Å². The molecule has 0 fully saturated rings. The van der Waals surface area contributed by atoms with E-state index in [2.05, 4.69) is 28.9 Å². The second-order valence-corrected chi connectivity index (χ2v) is 10.5. The van der Waals surface area contributed by atoms with E-state index in [9.17, 15) is 14.0 Å². The number of halogens is 1. The number of hydrogen-bond donors (Lipinski definition) is 0. The molecule has 1 aliphatic rings. The highest BCUT2D eigenvalue weighted by atomic mass is 19.1. The Hall–Kier alpha value is -3.59. The van der Waals surface area contributed by atoms with Crippen molar-refractivity contribution in [3.8, 4) is 0 Å². The molecule has 1 aliphatic heterocycles. The molecule has 39 heavy (non-hydrogen) atoms. The molecule has 0 saturated carbocycles. The molecule has 9 heteroatoms. The lowest BCUT2D eigenvalue weighted by Gasteiger charge is -2.32. The first kappa shape index (κ1) is 28.4. The van der Waals surface area contributed by atoms with E-state index in [0.29, 0.717) is 48.0 Å². The molecule has 4 rings (SSSR count). The molecule has 2 amide bonds. The molecule has 0 radical (unpaired) electrons. The second-order valence-electron chi connectivity index (χ2n) is 10.5. The van der Waals surface area contributed by atoms with Crippen LogP contribution in [0.2, 0.25) is 0 Å². The lowest BCUT2D eigenvalue weighted by Crippen LogP contribution is -2.40. The fourth-order valence-corrected chi connectivity index (χ4v) is 5.07. The zero-order valence-electron chi connectivity index (χ0n) is 23.1. The maximum Gasteiger partial charge on any atom is 0.276 e. The fraction of sp³-hybridized carbons (Fsp3) is 0.467. The van der Waals surface area contributed by atoms with E-state index in [1.165, 1.54) is 12.1 Å². The van der Waals surface area contributed by atoms with Crippen LogP contribution in [0.4, 0.5) is 10.1 Å². The predicted molar refractivity (Wildman–Crippen MR) is 148 cm³/mol. The first-order chi connectivity index (χ1) is 18.9. The van der Waals surface area contributed by atoms with Crippen molar-refractivity contribution in [2.45, 2.75) is 53.0 Å². The Balaban J connectivity index is 1.72. The molecule has 0 N–H and O–H groups in total. The summed E-state index contributed by atoms with van der Waals surface area (Å²) in [4.78, 5) is 37.2. The molecular weight excluding hydrogens is 497 g/mol. The van der Waals surface area contributed by atoms with Crippen LogP contribution in [0.25, 0.3) is 0 Å². The minimum atomic E-state index is -0.420. The van der Waals surface area contributed by atoms with Gasteiger partial charge >= 0.3 is 0 Å². The van der Waals surface area contributed by atoms with Crippen LogP contribution in [-0.2, 0) is 13.0 Å². The Morgan fingerprint density at radius 2 is 1.85 bits per heavy atom. The lowest BCUT2D eigenvalue weighted by atomic mass is 10.1. The summed E-state index contributed by atoms with van der Waals surface area (Å²) in [5.74, 6) is 0.255. The summed E-state index contributed by atoms with van der Waals surface area (Å²) >= 11 is 0. The van der Waals surface area contributed by atoms with Crippen molar-refractivity contribution < 1.29 is 18.5 Å². The van der Waals surface area contributed by atoms with Gasteiger partial charge in [-0.15, -0.1) is 0 Å². The summed E-state index contributed by atoms with van der Waals surface area (Å²) in [5.41, 5.74) is 1.85. The van der Waals surface area contributed by atoms with Gasteiger partial charge in [-0.25, -0.2) is 4.39 Å². The normalized spacial score (nSPS) is 15.5. The molecule has 0 atom stereocenters. The van der Waals surface area contributed by atoms with Crippen LogP contribution in [0.15, 0.2) is 53.3 Å². The Bertz CT molecular complexity index is 1250. The Labute approximate surface area is 229 Å². The van der Waals surface area contributed by atoms with Gasteiger partial charge in [-0.1, -0.05) is 25.9 Å². The highest BCUT2D eigenvalue weighted by Crippen LogP contribution is 2.27. The zero-order chi connectivity index (χ0) is 27.8. The number of hydrogen-bond acceptors (Lipinski definition) is 6. The number of rotatable bonds is 6. The molecular formula is C30H38FN5O3. The van der Waals surface area contributed by atoms with Crippen LogP contribution >= 0.6 is 0 Å². The van der Waals surface area contributed by atoms with Crippen LogP contribution in [-0.4, -0.2) is 64.5 Å². The van der Waals surface area contributed by atoms with E-state index in [1.807, 2.05) is 6.92 Å². The van der Waals surface area contributed by atoms with Crippen LogP contribution in [0, 0.1) is 11.7 Å². The van der Waals surface area contributed by atoms with Gasteiger partial charge in [-0.3, -0.25) is 14.6 Å². The van der Waals surface area contributed by atoms with Gasteiger partial charge in [0, 0.05) is 56.7 Å². The van der Waals surface area contributed by atoms with E-state index in [4.69, 9.17) is 4.52 Å². The van der Waals surface area contributed by atoms with Crippen molar-refractivity contribution in [2.24, 2.45) is 5.92 Å². The number of aromatic nitrogens is 2. The average Bonchev–Trinajstić information content (AvgIpc) is 3.38. The topological polar surface area (TPSA) is 82.8 Å². The molecule has 0 bridgehead atoms. The van der Waals surface area contributed by atoms with Crippen molar-refractivity contribution in [3.05, 3.63) is 77.2 Å². The van der Waals surface area contributed by atoms with Crippen LogP contribution in [0.1, 0.15) is 72.2 Å². The molecule has 3 heterocycles. The summed E-state index contributed by atoms with van der Waals surface area (Å²) in [6, 6.07) is 9.56. The van der Waals surface area contributed by atoms with Gasteiger partial charge < -0.3 is 19.2 Å². The Morgan fingerprint density at radius 3 is 2.56 bits per heavy atom. The molecule has 3 aromatic rings. The van der Waals surface area contributed by atoms with Gasteiger partial charge in [-0.2, -0.15) is 0 Å². The molecule has 1 aromatic carbocycles. The van der Waals surface area contributed by atoms with Gasteiger partial charge in [-0.05, 0) is 74.2 Å². The summed E-state index contributed by atoms with van der Waals surface area (Å²) in [6.45, 7) is 10.0. The second kappa shape index (κ2) is 13.5. The highest BCUT2D eigenvalue weighted by molar-refractivity contribution is 6.06. The minimum Gasteiger partial charge on any atom is -0.361 e. The quantitative estimate of drug-likeness (QED) is 0.431. The maximum absolute atomic E-state index is 14.6. The zero-order valence-corrected chi connectivity index (χ0v) is 23.1. The SMILES string of the molecule is CCCc1cc(C(=O)N2CCCN(CC(C)C)CCCN(C(=O)c3cccnc3)c3ccc(F)cc3C2)no1. The first-order valence-electron chi connectivity index (χ1n) is 13.8. The third-order valence-corrected chi connectivity index (χ3v) is 6.79. The number of carbonyl (C=O) groups excluding carboxylic acids is 2. The Morgan fingerprint density at radius 1 is 1.05 bits per heavy atom. The first-order valence-corrected chi connectivity index (χ1v) is 13.8. The monoisotopic (exact) mass is 535 g/mol. The summed E-state index contributed by atoms with van der Waals surface area (Å²) in [5, 5.41) is 4.03. The molecule has 8 nitrogen and oxygen atoms in total. The van der Waals surface area contributed by atoms with Crippen LogP contribution in [0.5, 0.6) is 0 Å². The van der Waals surface area contributed by atoms with E-state index in [0.717, 1.165) is 38.9 Å². The van der Waals surface area contributed by atoms with Gasteiger partial charge in [0.15, 0.2) is 5.69 Å². The van der Waals surface area contributed by atoms with Gasteiger partial charge in [0.05, 0.1) is 5.56 Å². The third-order valence-electron chi connectivity index (χ3n) is 6.79. The number of benzene rings is 1. The van der Waals surface area contributed by atoms with E-state index in [-0.39, 0.29) is 24.1 Å². The van der Waals surface area contributed by atoms with Crippen molar-refractivity contribution in [2.75, 3.05) is 37.6 Å². The molecule has 0 aliphatic carbocycles. The molecule has 0 unspecified atom stereocenters. The van der Waals surface area contributed by atoms with E-state index < -0.39 is 5.82 Å². The van der Waals surface area contributed by atoms with Gasteiger partial charge in [0.1, 0.15) is 11.6 Å². The van der Waals surface area contributed by atoms with Crippen molar-refractivity contribution in [1.82, 2.24) is 19.9 Å². The number of nitrogens with zero attached hydrogens (tertiary/aromatic N) is 5. The number of aryl methyl sites for hydroxylation is 1. The lowest BCUT2D eigenvalue weighted by molar-refractivity contribution is 0.0722. The number of amides is 2. The van der Waals surface area contributed by atoms with Crippen molar-refractivity contribution >= 4 is 17.5 Å². The van der Waals surface area contributed by atoms with Gasteiger partial charge in [0.25, 0.3) is 11.8 Å². The largest absolute Gasteiger partial charge is 0.361 e. The number of pyridine rings is 1. The molecule has 208 valence electrons.